The highest BCUT2D eigenvalue weighted by Crippen LogP contribution is 2.29. The minimum Gasteiger partial charge on any atom is -0.340 e. The van der Waals surface area contributed by atoms with Crippen LogP contribution in [-0.4, -0.2) is 15.9 Å². The molecule has 2 N–H and O–H groups in total. The van der Waals surface area contributed by atoms with Gasteiger partial charge in [0, 0.05) is 16.8 Å². The summed E-state index contributed by atoms with van der Waals surface area (Å²) >= 11 is 0. The van der Waals surface area contributed by atoms with Crippen LogP contribution >= 0.6 is 0 Å². The highest BCUT2D eigenvalue weighted by molar-refractivity contribution is 5.99. The Balaban J connectivity index is 1.74. The number of amides is 1. The summed E-state index contributed by atoms with van der Waals surface area (Å²) in [6, 6.07) is 10.3. The molecule has 1 amide bonds. The highest BCUT2D eigenvalue weighted by atomic mass is 19.1. The van der Waals surface area contributed by atoms with Crippen LogP contribution in [0.2, 0.25) is 0 Å². The Hall–Kier alpha value is -3.02. The van der Waals surface area contributed by atoms with Crippen LogP contribution in [0.1, 0.15) is 5.56 Å². The first kappa shape index (κ1) is 12.7. The number of aromatic nitrogens is 2. The molecule has 1 aliphatic heterocycles. The van der Waals surface area contributed by atoms with E-state index in [1.165, 1.54) is 12.4 Å². The van der Waals surface area contributed by atoms with E-state index in [9.17, 15) is 9.18 Å². The first-order chi connectivity index (χ1) is 10.7. The Morgan fingerprint density at radius 3 is 3.00 bits per heavy atom. The monoisotopic (exact) mass is 294 g/mol. The fourth-order valence-electron chi connectivity index (χ4n) is 2.59. The van der Waals surface area contributed by atoms with Crippen LogP contribution in [0, 0.1) is 5.82 Å². The molecule has 0 unspecified atom stereocenters. The predicted octanol–water partition coefficient (Wildman–Crippen LogP) is 3.01. The van der Waals surface area contributed by atoms with Crippen LogP contribution in [0.3, 0.4) is 0 Å². The number of rotatable bonds is 2. The number of para-hydroxylation sites is 1. The summed E-state index contributed by atoms with van der Waals surface area (Å²) in [7, 11) is 0. The first-order valence-electron chi connectivity index (χ1n) is 6.80. The van der Waals surface area contributed by atoms with Crippen molar-refractivity contribution in [2.45, 2.75) is 6.42 Å². The van der Waals surface area contributed by atoms with Gasteiger partial charge in [-0.25, -0.2) is 14.4 Å². The number of nitrogens with zero attached hydrogens (tertiary/aromatic N) is 2. The number of fused-ring (bicyclic) bond motifs is 2. The summed E-state index contributed by atoms with van der Waals surface area (Å²) in [6.07, 6.45) is 1.69. The second kappa shape index (κ2) is 4.77. The van der Waals surface area contributed by atoms with Gasteiger partial charge < -0.3 is 10.6 Å². The van der Waals surface area contributed by atoms with Gasteiger partial charge in [0.05, 0.1) is 6.42 Å². The Morgan fingerprint density at radius 1 is 1.18 bits per heavy atom. The summed E-state index contributed by atoms with van der Waals surface area (Å²) in [4.78, 5) is 19.5. The standard InChI is InChI=1S/C16H11FN4O/c17-12-3-1-2-11-15(12)18-8-19-16(11)20-10-4-5-13-9(6-10)7-14(22)21-13/h1-6,8H,7H2,(H,21,22)(H,18,19,20). The molecule has 1 aliphatic rings. The average Bonchev–Trinajstić information content (AvgIpc) is 2.88. The number of carbonyl (C=O) groups is 1. The van der Waals surface area contributed by atoms with Gasteiger partial charge in [0.25, 0.3) is 0 Å². The molecular weight excluding hydrogens is 283 g/mol. The number of carbonyl (C=O) groups excluding carboxylic acids is 1. The molecule has 0 fully saturated rings. The average molecular weight is 294 g/mol. The van der Waals surface area contributed by atoms with Crippen molar-refractivity contribution in [3.63, 3.8) is 0 Å². The first-order valence-corrected chi connectivity index (χ1v) is 6.80. The lowest BCUT2D eigenvalue weighted by Gasteiger charge is -2.09. The van der Waals surface area contributed by atoms with Crippen molar-refractivity contribution >= 4 is 34.0 Å². The van der Waals surface area contributed by atoms with Crippen LogP contribution in [0.15, 0.2) is 42.7 Å². The maximum absolute atomic E-state index is 13.8. The third-order valence-electron chi connectivity index (χ3n) is 3.61. The topological polar surface area (TPSA) is 66.9 Å². The molecular formula is C16H11FN4O. The van der Waals surface area contributed by atoms with E-state index < -0.39 is 0 Å². The summed E-state index contributed by atoms with van der Waals surface area (Å²) in [5.41, 5.74) is 2.83. The number of benzene rings is 2. The number of halogens is 1. The number of hydrogen-bond donors (Lipinski definition) is 2. The quantitative estimate of drug-likeness (QED) is 0.762. The zero-order valence-electron chi connectivity index (χ0n) is 11.4. The van der Waals surface area contributed by atoms with Crippen LogP contribution in [-0.2, 0) is 11.2 Å². The largest absolute Gasteiger partial charge is 0.340 e. The molecule has 0 spiro atoms. The molecule has 0 bridgehead atoms. The van der Waals surface area contributed by atoms with Gasteiger partial charge in [-0.3, -0.25) is 4.79 Å². The SMILES string of the molecule is O=C1Cc2cc(Nc3ncnc4c(F)cccc34)ccc2N1. The second-order valence-electron chi connectivity index (χ2n) is 5.08. The molecule has 22 heavy (non-hydrogen) atoms. The van der Waals surface area contributed by atoms with E-state index in [4.69, 9.17) is 0 Å². The van der Waals surface area contributed by atoms with Gasteiger partial charge in [-0.15, -0.1) is 0 Å². The van der Waals surface area contributed by atoms with Crippen LogP contribution < -0.4 is 10.6 Å². The minimum atomic E-state index is -0.383. The van der Waals surface area contributed by atoms with Gasteiger partial charge in [0.2, 0.25) is 5.91 Å². The third kappa shape index (κ3) is 2.05. The van der Waals surface area contributed by atoms with Crippen molar-refractivity contribution < 1.29 is 9.18 Å². The van der Waals surface area contributed by atoms with Gasteiger partial charge in [-0.05, 0) is 35.9 Å². The molecule has 3 aromatic rings. The lowest BCUT2D eigenvalue weighted by Crippen LogP contribution is -2.03. The molecule has 5 nitrogen and oxygen atoms in total. The Labute approximate surface area is 125 Å². The molecule has 1 aromatic heterocycles. The van der Waals surface area contributed by atoms with E-state index >= 15 is 0 Å². The van der Waals surface area contributed by atoms with Crippen molar-refractivity contribution in [2.75, 3.05) is 10.6 Å². The van der Waals surface area contributed by atoms with Gasteiger partial charge in [0.1, 0.15) is 23.5 Å². The molecule has 0 radical (unpaired) electrons. The number of nitrogens with one attached hydrogen (secondary N) is 2. The number of hydrogen-bond acceptors (Lipinski definition) is 4. The van der Waals surface area contributed by atoms with Crippen LogP contribution in [0.25, 0.3) is 10.9 Å². The Morgan fingerprint density at radius 2 is 2.09 bits per heavy atom. The van der Waals surface area contributed by atoms with Crippen molar-refractivity contribution in [3.8, 4) is 0 Å². The van der Waals surface area contributed by atoms with Crippen molar-refractivity contribution in [1.82, 2.24) is 9.97 Å². The molecule has 2 aromatic carbocycles. The summed E-state index contributed by atoms with van der Waals surface area (Å²) < 4.78 is 13.8. The fraction of sp³-hybridized carbons (Fsp3) is 0.0625. The van der Waals surface area contributed by atoms with E-state index in [0.29, 0.717) is 17.6 Å². The van der Waals surface area contributed by atoms with Crippen LogP contribution in [0.4, 0.5) is 21.6 Å². The van der Waals surface area contributed by atoms with Gasteiger partial charge in [0.15, 0.2) is 0 Å². The maximum atomic E-state index is 13.8. The molecule has 0 atom stereocenters. The summed E-state index contributed by atoms with van der Waals surface area (Å²) in [6.45, 7) is 0. The molecule has 0 saturated carbocycles. The molecule has 0 saturated heterocycles. The highest BCUT2D eigenvalue weighted by Gasteiger charge is 2.17. The van der Waals surface area contributed by atoms with Gasteiger partial charge >= 0.3 is 0 Å². The molecule has 0 aliphatic carbocycles. The lowest BCUT2D eigenvalue weighted by atomic mass is 10.1. The van der Waals surface area contributed by atoms with Gasteiger partial charge in [-0.2, -0.15) is 0 Å². The van der Waals surface area contributed by atoms with E-state index in [-0.39, 0.29) is 17.2 Å². The summed E-state index contributed by atoms with van der Waals surface area (Å²) in [5.74, 6) is 0.134. The Bertz CT molecular complexity index is 910. The minimum absolute atomic E-state index is 0.0123. The molecule has 4 rings (SSSR count). The smallest absolute Gasteiger partial charge is 0.228 e. The van der Waals surface area contributed by atoms with E-state index in [1.807, 2.05) is 18.2 Å². The number of anilines is 3. The van der Waals surface area contributed by atoms with Crippen molar-refractivity contribution in [3.05, 3.63) is 54.1 Å². The molecule has 6 heteroatoms. The second-order valence-corrected chi connectivity index (χ2v) is 5.08. The molecule has 108 valence electrons. The molecule has 2 heterocycles. The fourth-order valence-corrected chi connectivity index (χ4v) is 2.59. The van der Waals surface area contributed by atoms with E-state index in [1.54, 1.807) is 12.1 Å². The zero-order chi connectivity index (χ0) is 15.1. The summed E-state index contributed by atoms with van der Waals surface area (Å²) in [5, 5.41) is 6.55. The van der Waals surface area contributed by atoms with Crippen molar-refractivity contribution in [1.29, 1.82) is 0 Å². The maximum Gasteiger partial charge on any atom is 0.228 e. The van der Waals surface area contributed by atoms with Gasteiger partial charge in [-0.1, -0.05) is 6.07 Å². The Kier molecular flexibility index (Phi) is 2.75. The van der Waals surface area contributed by atoms with Crippen LogP contribution in [0.5, 0.6) is 0 Å². The van der Waals surface area contributed by atoms with Crippen molar-refractivity contribution in [2.24, 2.45) is 0 Å². The zero-order valence-corrected chi connectivity index (χ0v) is 11.4. The third-order valence-corrected chi connectivity index (χ3v) is 3.61. The lowest BCUT2D eigenvalue weighted by molar-refractivity contribution is -0.115. The normalized spacial score (nSPS) is 13.0. The predicted molar refractivity (Wildman–Crippen MR) is 81.6 cm³/mol. The van der Waals surface area contributed by atoms with E-state index in [2.05, 4.69) is 20.6 Å². The van der Waals surface area contributed by atoms with E-state index in [0.717, 1.165) is 16.9 Å².